The second-order valence-corrected chi connectivity index (χ2v) is 8.51. The van der Waals surface area contributed by atoms with Gasteiger partial charge in [-0.1, -0.05) is 19.0 Å². The molecule has 2 heterocycles. The van der Waals surface area contributed by atoms with Crippen molar-refractivity contribution in [1.82, 2.24) is 20.4 Å². The van der Waals surface area contributed by atoms with Crippen LogP contribution in [0, 0.1) is 6.92 Å². The van der Waals surface area contributed by atoms with E-state index in [1.807, 2.05) is 19.1 Å². The Morgan fingerprint density at radius 3 is 2.51 bits per heavy atom. The lowest BCUT2D eigenvalue weighted by atomic mass is 9.98. The molecule has 0 fully saturated rings. The van der Waals surface area contributed by atoms with Crippen LogP contribution in [0.2, 0.25) is 0 Å². The molecule has 200 valence electrons. The molecule has 1 atom stereocenters. The molecule has 0 aliphatic heterocycles. The number of pyridine rings is 1. The van der Waals surface area contributed by atoms with Gasteiger partial charge in [-0.15, -0.1) is 0 Å². The van der Waals surface area contributed by atoms with Crippen molar-refractivity contribution in [3.63, 3.8) is 0 Å². The van der Waals surface area contributed by atoms with E-state index in [4.69, 9.17) is 28.8 Å². The molecule has 0 saturated carbocycles. The molecule has 1 amide bonds. The van der Waals surface area contributed by atoms with Crippen molar-refractivity contribution in [1.29, 1.82) is 0 Å². The Balaban J connectivity index is 1.83. The number of nitrogens with zero attached hydrogens (tertiary/aromatic N) is 3. The number of amides is 1. The van der Waals surface area contributed by atoms with Gasteiger partial charge in [-0.2, -0.15) is 4.98 Å². The van der Waals surface area contributed by atoms with Gasteiger partial charge in [0, 0.05) is 35.9 Å². The SMILES string of the molecule is CCC(CC)c1cc(OC)cc(-c2nc(-c3cc(C)c(OCC(O)CNC(=O)CO)c(OC)c3)no2)n1. The minimum atomic E-state index is -0.973. The van der Waals surface area contributed by atoms with Crippen LogP contribution in [0.5, 0.6) is 17.2 Å². The quantitative estimate of drug-likeness (QED) is 0.311. The summed E-state index contributed by atoms with van der Waals surface area (Å²) >= 11 is 0. The highest BCUT2D eigenvalue weighted by Crippen LogP contribution is 2.36. The minimum Gasteiger partial charge on any atom is -0.497 e. The number of carbonyl (C=O) groups excluding carboxylic acids is 1. The van der Waals surface area contributed by atoms with Crippen molar-refractivity contribution < 1.29 is 33.7 Å². The third kappa shape index (κ3) is 6.95. The largest absolute Gasteiger partial charge is 0.497 e. The summed E-state index contributed by atoms with van der Waals surface area (Å²) in [6, 6.07) is 7.23. The fourth-order valence-electron chi connectivity index (χ4n) is 3.85. The van der Waals surface area contributed by atoms with E-state index in [1.165, 1.54) is 7.11 Å². The Morgan fingerprint density at radius 2 is 1.86 bits per heavy atom. The molecule has 3 rings (SSSR count). The summed E-state index contributed by atoms with van der Waals surface area (Å²) < 4.78 is 22.3. The average molecular weight is 515 g/mol. The second kappa shape index (κ2) is 13.0. The van der Waals surface area contributed by atoms with Gasteiger partial charge in [0.1, 0.15) is 30.8 Å². The van der Waals surface area contributed by atoms with Gasteiger partial charge in [0.2, 0.25) is 11.7 Å². The summed E-state index contributed by atoms with van der Waals surface area (Å²) in [6.07, 6.45) is 0.930. The van der Waals surface area contributed by atoms with Gasteiger partial charge in [0.15, 0.2) is 11.5 Å². The average Bonchev–Trinajstić information content (AvgIpc) is 3.41. The molecule has 2 aromatic heterocycles. The first-order valence-corrected chi connectivity index (χ1v) is 12.1. The molecule has 0 saturated heterocycles. The van der Waals surface area contributed by atoms with Crippen molar-refractivity contribution >= 4 is 5.91 Å². The first-order valence-electron chi connectivity index (χ1n) is 12.1. The number of carbonyl (C=O) groups is 1. The molecule has 3 N–H and O–H groups in total. The van der Waals surface area contributed by atoms with E-state index < -0.39 is 18.6 Å². The lowest BCUT2D eigenvalue weighted by molar-refractivity contribution is -0.124. The summed E-state index contributed by atoms with van der Waals surface area (Å²) in [7, 11) is 3.11. The number of aliphatic hydroxyl groups excluding tert-OH is 2. The van der Waals surface area contributed by atoms with E-state index in [0.29, 0.717) is 40.2 Å². The topological polar surface area (TPSA) is 149 Å². The number of hydrogen-bond acceptors (Lipinski definition) is 10. The van der Waals surface area contributed by atoms with Gasteiger partial charge in [-0.05, 0) is 37.5 Å². The fourth-order valence-corrected chi connectivity index (χ4v) is 3.85. The van der Waals surface area contributed by atoms with Crippen molar-refractivity contribution in [2.45, 2.75) is 45.6 Å². The second-order valence-electron chi connectivity index (χ2n) is 8.51. The number of aryl methyl sites for hydroxylation is 1. The zero-order valence-corrected chi connectivity index (χ0v) is 21.8. The summed E-state index contributed by atoms with van der Waals surface area (Å²) in [4.78, 5) is 20.5. The van der Waals surface area contributed by atoms with Gasteiger partial charge in [0.25, 0.3) is 5.89 Å². The van der Waals surface area contributed by atoms with Crippen LogP contribution in [0.25, 0.3) is 23.0 Å². The molecular formula is C26H34N4O7. The van der Waals surface area contributed by atoms with Gasteiger partial charge >= 0.3 is 0 Å². The Kier molecular flexibility index (Phi) is 9.81. The summed E-state index contributed by atoms with van der Waals surface area (Å²) in [5.41, 5.74) is 2.82. The number of aromatic nitrogens is 3. The normalized spacial score (nSPS) is 11.9. The first-order chi connectivity index (χ1) is 17.8. The number of benzene rings is 1. The molecule has 0 spiro atoms. The van der Waals surface area contributed by atoms with Crippen LogP contribution in [0.4, 0.5) is 0 Å². The van der Waals surface area contributed by atoms with Gasteiger partial charge in [-0.25, -0.2) is 4.98 Å². The molecule has 0 bridgehead atoms. The highest BCUT2D eigenvalue weighted by atomic mass is 16.5. The molecule has 1 unspecified atom stereocenters. The van der Waals surface area contributed by atoms with E-state index in [9.17, 15) is 9.90 Å². The maximum absolute atomic E-state index is 11.2. The molecule has 1 aromatic carbocycles. The number of nitrogens with one attached hydrogen (secondary N) is 1. The lowest BCUT2D eigenvalue weighted by Gasteiger charge is -2.17. The van der Waals surface area contributed by atoms with Crippen LogP contribution < -0.4 is 19.5 Å². The smallest absolute Gasteiger partial charge is 0.276 e. The monoisotopic (exact) mass is 514 g/mol. The Morgan fingerprint density at radius 1 is 1.11 bits per heavy atom. The Bertz CT molecular complexity index is 1190. The lowest BCUT2D eigenvalue weighted by Crippen LogP contribution is -2.36. The maximum atomic E-state index is 11.2. The van der Waals surface area contributed by atoms with Crippen LogP contribution in [0.15, 0.2) is 28.8 Å². The summed E-state index contributed by atoms with van der Waals surface area (Å²) in [5.74, 6) is 1.86. The molecular weight excluding hydrogens is 480 g/mol. The van der Waals surface area contributed by atoms with Crippen molar-refractivity contribution in [3.05, 3.63) is 35.5 Å². The molecule has 0 radical (unpaired) electrons. The van der Waals surface area contributed by atoms with Gasteiger partial charge in [0.05, 0.1) is 14.2 Å². The zero-order chi connectivity index (χ0) is 26.9. The summed E-state index contributed by atoms with van der Waals surface area (Å²) in [6.45, 7) is 5.29. The highest BCUT2D eigenvalue weighted by Gasteiger charge is 2.20. The molecule has 37 heavy (non-hydrogen) atoms. The highest BCUT2D eigenvalue weighted by molar-refractivity contribution is 5.76. The van der Waals surface area contributed by atoms with E-state index in [-0.39, 0.29) is 19.0 Å². The fraction of sp³-hybridized carbons (Fsp3) is 0.462. The van der Waals surface area contributed by atoms with E-state index in [0.717, 1.165) is 24.1 Å². The van der Waals surface area contributed by atoms with Crippen molar-refractivity contribution in [2.24, 2.45) is 0 Å². The molecule has 3 aromatic rings. The third-order valence-corrected chi connectivity index (χ3v) is 5.92. The summed E-state index contributed by atoms with van der Waals surface area (Å²) in [5, 5.41) is 25.4. The van der Waals surface area contributed by atoms with Gasteiger partial charge in [-0.3, -0.25) is 4.79 Å². The Labute approximate surface area is 215 Å². The number of hydrogen-bond donors (Lipinski definition) is 3. The van der Waals surface area contributed by atoms with Crippen molar-refractivity contribution in [3.8, 4) is 40.2 Å². The number of aliphatic hydroxyl groups is 2. The predicted octanol–water partition coefficient (Wildman–Crippen LogP) is 2.88. The van der Waals surface area contributed by atoms with E-state index in [2.05, 4.69) is 29.3 Å². The molecule has 11 nitrogen and oxygen atoms in total. The number of methoxy groups -OCH3 is 2. The number of ether oxygens (including phenoxy) is 3. The van der Waals surface area contributed by atoms with Crippen LogP contribution in [-0.2, 0) is 4.79 Å². The van der Waals surface area contributed by atoms with Crippen LogP contribution in [0.1, 0.15) is 43.9 Å². The van der Waals surface area contributed by atoms with Crippen LogP contribution in [0.3, 0.4) is 0 Å². The Hall–Kier alpha value is -3.70. The molecule has 0 aliphatic rings. The minimum absolute atomic E-state index is 0.0538. The van der Waals surface area contributed by atoms with E-state index >= 15 is 0 Å². The molecule has 0 aliphatic carbocycles. The first kappa shape index (κ1) is 27.9. The predicted molar refractivity (Wildman–Crippen MR) is 136 cm³/mol. The van der Waals surface area contributed by atoms with Gasteiger partial charge < -0.3 is 34.3 Å². The van der Waals surface area contributed by atoms with Crippen LogP contribution >= 0.6 is 0 Å². The standard InChI is InChI=1S/C26H34N4O7/c1-6-16(7-2)20-10-19(34-4)11-21(28-20)26-29-25(30-37-26)17-8-15(3)24(22(9-17)35-5)36-14-18(32)12-27-23(33)13-31/h8-11,16,18,31-32H,6-7,12-14H2,1-5H3,(H,27,33). The zero-order valence-electron chi connectivity index (χ0n) is 21.8. The maximum Gasteiger partial charge on any atom is 0.276 e. The van der Waals surface area contributed by atoms with Crippen LogP contribution in [-0.4, -0.2) is 71.3 Å². The van der Waals surface area contributed by atoms with Crippen molar-refractivity contribution in [2.75, 3.05) is 34.0 Å². The van der Waals surface area contributed by atoms with E-state index in [1.54, 1.807) is 19.2 Å². The number of rotatable bonds is 13. The molecule has 11 heteroatoms. The third-order valence-electron chi connectivity index (χ3n) is 5.92.